The minimum absolute atomic E-state index is 0.0251. The monoisotopic (exact) mass is 413 g/mol. The molecule has 0 aliphatic heterocycles. The molecule has 0 saturated carbocycles. The zero-order chi connectivity index (χ0) is 21.8. The summed E-state index contributed by atoms with van der Waals surface area (Å²) >= 11 is 0. The van der Waals surface area contributed by atoms with Crippen LogP contribution < -0.4 is 10.9 Å². The summed E-state index contributed by atoms with van der Waals surface area (Å²) in [6.07, 6.45) is 2.07. The Labute approximate surface area is 173 Å². The first-order valence-electron chi connectivity index (χ1n) is 9.62. The number of halogens is 1. The van der Waals surface area contributed by atoms with Crippen molar-refractivity contribution in [3.63, 3.8) is 0 Å². The van der Waals surface area contributed by atoms with Gasteiger partial charge in [0, 0.05) is 19.8 Å². The number of carbonyl (C=O) groups is 1. The molecule has 0 atom stereocenters. The molecule has 30 heavy (non-hydrogen) atoms. The van der Waals surface area contributed by atoms with Crippen LogP contribution in [0.4, 0.5) is 4.39 Å². The third-order valence-corrected chi connectivity index (χ3v) is 4.65. The summed E-state index contributed by atoms with van der Waals surface area (Å²) < 4.78 is 19.7. The van der Waals surface area contributed by atoms with Crippen LogP contribution in [0.3, 0.4) is 0 Å². The molecule has 0 saturated heterocycles. The van der Waals surface area contributed by atoms with Gasteiger partial charge in [-0.1, -0.05) is 12.1 Å². The zero-order valence-electron chi connectivity index (χ0n) is 17.1. The highest BCUT2D eigenvalue weighted by Crippen LogP contribution is 2.25. The Bertz CT molecular complexity index is 1120. The lowest BCUT2D eigenvalue weighted by atomic mass is 10.1. The van der Waals surface area contributed by atoms with E-state index in [-0.39, 0.29) is 29.5 Å². The summed E-state index contributed by atoms with van der Waals surface area (Å²) in [6.45, 7) is 4.26. The van der Waals surface area contributed by atoms with E-state index in [1.54, 1.807) is 24.4 Å². The van der Waals surface area contributed by atoms with Gasteiger partial charge < -0.3 is 19.7 Å². The normalized spacial score (nSPS) is 11.2. The second kappa shape index (κ2) is 9.04. The van der Waals surface area contributed by atoms with Crippen LogP contribution in [0.1, 0.15) is 35.3 Å². The average Bonchev–Trinajstić information content (AvgIpc) is 2.71. The molecule has 2 aromatic heterocycles. The van der Waals surface area contributed by atoms with Gasteiger partial charge in [0.25, 0.3) is 11.5 Å². The van der Waals surface area contributed by atoms with Crippen LogP contribution >= 0.6 is 0 Å². The third-order valence-electron chi connectivity index (χ3n) is 4.65. The zero-order valence-corrected chi connectivity index (χ0v) is 17.1. The van der Waals surface area contributed by atoms with Crippen molar-refractivity contribution in [2.45, 2.75) is 26.4 Å². The van der Waals surface area contributed by atoms with Crippen LogP contribution in [0.2, 0.25) is 0 Å². The molecular formula is C22H24FN3O4. The SMILES string of the molecule is CC(C)OCCNC(=O)c1c(O)c2ncc(Cc3ccc(F)cc3)cc2n(C)c1=O. The van der Waals surface area contributed by atoms with E-state index in [1.807, 2.05) is 13.8 Å². The number of hydrogen-bond acceptors (Lipinski definition) is 5. The van der Waals surface area contributed by atoms with Gasteiger partial charge in [0.2, 0.25) is 0 Å². The summed E-state index contributed by atoms with van der Waals surface area (Å²) in [7, 11) is 1.52. The molecule has 158 valence electrons. The van der Waals surface area contributed by atoms with Crippen molar-refractivity contribution in [2.75, 3.05) is 13.2 Å². The summed E-state index contributed by atoms with van der Waals surface area (Å²) in [6, 6.07) is 7.83. The van der Waals surface area contributed by atoms with Crippen LogP contribution in [0, 0.1) is 5.82 Å². The second-order valence-electron chi connectivity index (χ2n) is 7.28. The number of nitrogens with zero attached hydrogens (tertiary/aromatic N) is 2. The Hall–Kier alpha value is -3.26. The highest BCUT2D eigenvalue weighted by atomic mass is 19.1. The summed E-state index contributed by atoms with van der Waals surface area (Å²) in [5.41, 5.74) is 1.25. The molecular weight excluding hydrogens is 389 g/mol. The van der Waals surface area contributed by atoms with E-state index in [0.29, 0.717) is 18.5 Å². The lowest BCUT2D eigenvalue weighted by Gasteiger charge is -2.13. The van der Waals surface area contributed by atoms with E-state index in [1.165, 1.54) is 23.7 Å². The Morgan fingerprint density at radius 3 is 2.63 bits per heavy atom. The Kier molecular flexibility index (Phi) is 6.47. The fourth-order valence-electron chi connectivity index (χ4n) is 3.12. The standard InChI is InChI=1S/C22H24FN3O4/c1-13(2)30-9-8-24-21(28)18-20(27)19-17(26(3)22(18)29)11-15(12-25-19)10-14-4-6-16(23)7-5-14/h4-7,11-13,27H,8-10H2,1-3H3,(H,24,28). The van der Waals surface area contributed by atoms with E-state index >= 15 is 0 Å². The number of benzene rings is 1. The molecule has 0 radical (unpaired) electrons. The van der Waals surface area contributed by atoms with E-state index in [9.17, 15) is 19.1 Å². The largest absolute Gasteiger partial charge is 0.505 e. The molecule has 7 nitrogen and oxygen atoms in total. The molecule has 0 aliphatic rings. The molecule has 2 N–H and O–H groups in total. The van der Waals surface area contributed by atoms with Crippen LogP contribution in [0.5, 0.6) is 5.75 Å². The highest BCUT2D eigenvalue weighted by molar-refractivity contribution is 6.01. The van der Waals surface area contributed by atoms with Gasteiger partial charge in [0.15, 0.2) is 5.75 Å². The van der Waals surface area contributed by atoms with Crippen LogP contribution in [-0.4, -0.2) is 39.8 Å². The minimum Gasteiger partial charge on any atom is -0.505 e. The smallest absolute Gasteiger partial charge is 0.267 e. The van der Waals surface area contributed by atoms with Crippen molar-refractivity contribution < 1.29 is 19.0 Å². The van der Waals surface area contributed by atoms with Crippen molar-refractivity contribution in [3.05, 3.63) is 69.4 Å². The number of nitrogens with one attached hydrogen (secondary N) is 1. The molecule has 2 heterocycles. The third kappa shape index (κ3) is 4.65. The molecule has 8 heteroatoms. The summed E-state index contributed by atoms with van der Waals surface area (Å²) in [4.78, 5) is 29.5. The van der Waals surface area contributed by atoms with Crippen LogP contribution in [0.15, 0.2) is 41.3 Å². The maximum Gasteiger partial charge on any atom is 0.267 e. The number of fused-ring (bicyclic) bond motifs is 1. The van der Waals surface area contributed by atoms with Gasteiger partial charge in [0.05, 0.1) is 18.2 Å². The number of amides is 1. The number of pyridine rings is 2. The lowest BCUT2D eigenvalue weighted by Crippen LogP contribution is -2.34. The molecule has 3 aromatic rings. The van der Waals surface area contributed by atoms with Crippen LogP contribution in [-0.2, 0) is 18.2 Å². The molecule has 3 rings (SSSR count). The number of aromatic nitrogens is 2. The number of hydrogen-bond donors (Lipinski definition) is 2. The molecule has 0 aliphatic carbocycles. The maximum atomic E-state index is 13.1. The molecule has 0 bridgehead atoms. The van der Waals surface area contributed by atoms with Gasteiger partial charge in [-0.25, -0.2) is 4.39 Å². The molecule has 0 fully saturated rings. The fourth-order valence-corrected chi connectivity index (χ4v) is 3.12. The van der Waals surface area contributed by atoms with Gasteiger partial charge in [0.1, 0.15) is 16.9 Å². The molecule has 1 aromatic carbocycles. The van der Waals surface area contributed by atoms with Crippen molar-refractivity contribution >= 4 is 16.9 Å². The number of rotatable bonds is 7. The topological polar surface area (TPSA) is 93.4 Å². The Morgan fingerprint density at radius 2 is 1.97 bits per heavy atom. The maximum absolute atomic E-state index is 13.1. The number of aryl methyl sites for hydroxylation is 1. The minimum atomic E-state index is -0.681. The number of carbonyl (C=O) groups excluding carboxylic acids is 1. The first-order valence-corrected chi connectivity index (χ1v) is 9.62. The number of aromatic hydroxyl groups is 1. The van der Waals surface area contributed by atoms with Crippen molar-refractivity contribution in [2.24, 2.45) is 7.05 Å². The first kappa shape index (κ1) is 21.4. The first-order chi connectivity index (χ1) is 14.3. The number of ether oxygens (including phenoxy) is 1. The Morgan fingerprint density at radius 1 is 1.27 bits per heavy atom. The van der Waals surface area contributed by atoms with Gasteiger partial charge in [-0.3, -0.25) is 14.6 Å². The average molecular weight is 413 g/mol. The van der Waals surface area contributed by atoms with E-state index in [0.717, 1.165) is 11.1 Å². The Balaban J connectivity index is 1.90. The van der Waals surface area contributed by atoms with Gasteiger partial charge >= 0.3 is 0 Å². The van der Waals surface area contributed by atoms with E-state index in [2.05, 4.69) is 10.3 Å². The van der Waals surface area contributed by atoms with Crippen LogP contribution in [0.25, 0.3) is 11.0 Å². The van der Waals surface area contributed by atoms with E-state index < -0.39 is 17.2 Å². The predicted octanol–water partition coefficient (Wildman–Crippen LogP) is 2.52. The van der Waals surface area contributed by atoms with Crippen molar-refractivity contribution in [1.29, 1.82) is 0 Å². The molecule has 0 unspecified atom stereocenters. The molecule has 1 amide bonds. The lowest BCUT2D eigenvalue weighted by molar-refractivity contribution is 0.0745. The van der Waals surface area contributed by atoms with Gasteiger partial charge in [-0.05, 0) is 49.6 Å². The quantitative estimate of drug-likeness (QED) is 0.581. The van der Waals surface area contributed by atoms with Crippen molar-refractivity contribution in [3.8, 4) is 5.75 Å². The van der Waals surface area contributed by atoms with Crippen molar-refractivity contribution in [1.82, 2.24) is 14.9 Å². The highest BCUT2D eigenvalue weighted by Gasteiger charge is 2.22. The summed E-state index contributed by atoms with van der Waals surface area (Å²) in [5, 5.41) is 13.2. The van der Waals surface area contributed by atoms with E-state index in [4.69, 9.17) is 4.74 Å². The second-order valence-corrected chi connectivity index (χ2v) is 7.28. The summed E-state index contributed by atoms with van der Waals surface area (Å²) in [5.74, 6) is -1.45. The predicted molar refractivity (Wildman–Crippen MR) is 111 cm³/mol. The van der Waals surface area contributed by atoms with Gasteiger partial charge in [-0.2, -0.15) is 0 Å². The van der Waals surface area contributed by atoms with Gasteiger partial charge in [-0.15, -0.1) is 0 Å². The molecule has 0 spiro atoms. The fraction of sp³-hybridized carbons (Fsp3) is 0.318.